The number of benzene rings is 1. The van der Waals surface area contributed by atoms with E-state index in [1.807, 2.05) is 6.07 Å². The Kier molecular flexibility index (Phi) is 8.54. The first-order chi connectivity index (χ1) is 8.47. The van der Waals surface area contributed by atoms with Crippen molar-refractivity contribution in [2.75, 3.05) is 0 Å². The normalized spacial score (nSPS) is 8.72. The van der Waals surface area contributed by atoms with Gasteiger partial charge in [0, 0.05) is 12.8 Å². The highest BCUT2D eigenvalue weighted by atomic mass is 127. The zero-order valence-corrected chi connectivity index (χ0v) is 11.6. The van der Waals surface area contributed by atoms with Crippen molar-refractivity contribution in [3.8, 4) is 0 Å². The van der Waals surface area contributed by atoms with Crippen LogP contribution in [0.4, 0.5) is 0 Å². The third-order valence-electron chi connectivity index (χ3n) is 1.70. The van der Waals surface area contributed by atoms with E-state index in [0.29, 0.717) is 5.56 Å². The predicted octanol–water partition coefficient (Wildman–Crippen LogP) is 0.931. The molecule has 0 aliphatic carbocycles. The van der Waals surface area contributed by atoms with E-state index in [1.54, 1.807) is 47.3 Å². The van der Waals surface area contributed by atoms with Crippen LogP contribution in [0.3, 0.4) is 0 Å². The Morgan fingerprint density at radius 2 is 1.44 bits per heavy atom. The summed E-state index contributed by atoms with van der Waals surface area (Å²) in [6.45, 7) is 0. The van der Waals surface area contributed by atoms with Crippen LogP contribution in [0.5, 0.6) is 0 Å². The van der Waals surface area contributed by atoms with E-state index in [-0.39, 0.29) is 18.8 Å². The molecule has 0 spiro atoms. The number of amides is 2. The Hall–Kier alpha value is -1.64. The van der Waals surface area contributed by atoms with Gasteiger partial charge >= 0.3 is 5.97 Å². The molecule has 0 saturated heterocycles. The van der Waals surface area contributed by atoms with Gasteiger partial charge in [-0.3, -0.25) is 9.59 Å². The van der Waals surface area contributed by atoms with Gasteiger partial charge in [-0.05, 0) is 12.1 Å². The minimum atomic E-state index is -0.496. The molecule has 4 N–H and O–H groups in total. The van der Waals surface area contributed by atoms with Gasteiger partial charge in [-0.2, -0.15) is 0 Å². The first-order valence-electron chi connectivity index (χ1n) is 4.92. The van der Waals surface area contributed by atoms with Crippen molar-refractivity contribution < 1.29 is 17.4 Å². The van der Waals surface area contributed by atoms with Crippen LogP contribution in [0.15, 0.2) is 30.3 Å². The zero-order chi connectivity index (χ0) is 14.0. The van der Waals surface area contributed by atoms with Crippen LogP contribution in [0.2, 0.25) is 0 Å². The maximum absolute atomic E-state index is 10.8. The standard InChI is InChI=1S/C7H5IO2.C4H8N2O2/c8-10-7(9)6-4-2-1-3-5-6;5-3(7)1-2-4(6)8/h1-5H;1-2H2,(H2,5,7)(H2,6,8). The Bertz CT molecular complexity index is 395. The van der Waals surface area contributed by atoms with Crippen molar-refractivity contribution in [2.45, 2.75) is 12.8 Å². The summed E-state index contributed by atoms with van der Waals surface area (Å²) in [4.78, 5) is 30.6. The van der Waals surface area contributed by atoms with E-state index < -0.39 is 11.8 Å². The fraction of sp³-hybridized carbons (Fsp3) is 0.182. The van der Waals surface area contributed by atoms with Gasteiger partial charge in [0.15, 0.2) is 23.0 Å². The molecule has 6 nitrogen and oxygen atoms in total. The van der Waals surface area contributed by atoms with E-state index >= 15 is 0 Å². The quantitative estimate of drug-likeness (QED) is 0.774. The molecule has 0 aromatic heterocycles. The highest BCUT2D eigenvalue weighted by molar-refractivity contribution is 14.1. The summed E-state index contributed by atoms with van der Waals surface area (Å²) < 4.78 is 4.47. The van der Waals surface area contributed by atoms with Gasteiger partial charge in [-0.25, -0.2) is 4.79 Å². The van der Waals surface area contributed by atoms with Crippen molar-refractivity contribution >= 4 is 40.8 Å². The Balaban J connectivity index is 0.000000331. The van der Waals surface area contributed by atoms with Gasteiger partial charge in [0.1, 0.15) is 0 Å². The molecule has 2 amide bonds. The molecule has 0 unspecified atom stereocenters. The van der Waals surface area contributed by atoms with E-state index in [2.05, 4.69) is 3.07 Å². The summed E-state index contributed by atoms with van der Waals surface area (Å²) >= 11 is 1.57. The smallest absolute Gasteiger partial charge is 0.347 e. The second-order valence-electron chi connectivity index (χ2n) is 3.16. The number of hydrogen-bond donors (Lipinski definition) is 2. The van der Waals surface area contributed by atoms with Crippen LogP contribution >= 0.6 is 23.0 Å². The molecule has 1 aromatic carbocycles. The number of halogens is 1. The van der Waals surface area contributed by atoms with Crippen LogP contribution in [0, 0.1) is 0 Å². The molecular weight excluding hydrogens is 351 g/mol. The monoisotopic (exact) mass is 364 g/mol. The molecule has 0 heterocycles. The summed E-state index contributed by atoms with van der Waals surface area (Å²) in [6.07, 6.45) is 0.102. The largest absolute Gasteiger partial charge is 0.391 e. The summed E-state index contributed by atoms with van der Waals surface area (Å²) in [5.74, 6) is -1.30. The fourth-order valence-corrected chi connectivity index (χ4v) is 1.12. The van der Waals surface area contributed by atoms with Crippen LogP contribution < -0.4 is 11.5 Å². The van der Waals surface area contributed by atoms with E-state index in [0.717, 1.165) is 0 Å². The number of hydrogen-bond acceptors (Lipinski definition) is 4. The molecule has 0 bridgehead atoms. The maximum Gasteiger partial charge on any atom is 0.347 e. The maximum atomic E-state index is 10.8. The van der Waals surface area contributed by atoms with Gasteiger partial charge < -0.3 is 14.5 Å². The molecule has 0 fully saturated rings. The van der Waals surface area contributed by atoms with Crippen LogP contribution in [0.1, 0.15) is 23.2 Å². The SMILES string of the molecule is NC(=O)CCC(N)=O.O=C(OI)c1ccccc1. The number of rotatable bonds is 4. The lowest BCUT2D eigenvalue weighted by Gasteiger charge is -1.93. The minimum absolute atomic E-state index is 0.0509. The average Bonchev–Trinajstić information content (AvgIpc) is 2.37. The van der Waals surface area contributed by atoms with Gasteiger partial charge in [-0.1, -0.05) is 18.2 Å². The number of nitrogens with two attached hydrogens (primary N) is 2. The van der Waals surface area contributed by atoms with E-state index in [9.17, 15) is 14.4 Å². The lowest BCUT2D eigenvalue weighted by molar-refractivity contribution is -0.123. The van der Waals surface area contributed by atoms with Crippen LogP contribution in [-0.2, 0) is 12.7 Å². The first-order valence-corrected chi connectivity index (χ1v) is 5.80. The number of primary amides is 2. The van der Waals surface area contributed by atoms with Gasteiger partial charge in [-0.15, -0.1) is 0 Å². The first kappa shape index (κ1) is 16.4. The number of carbonyl (C=O) groups is 3. The Morgan fingerprint density at radius 1 is 1.00 bits per heavy atom. The minimum Gasteiger partial charge on any atom is -0.391 e. The van der Waals surface area contributed by atoms with Crippen molar-refractivity contribution in [1.29, 1.82) is 0 Å². The summed E-state index contributed by atoms with van der Waals surface area (Å²) in [7, 11) is 0. The zero-order valence-electron chi connectivity index (χ0n) is 9.47. The van der Waals surface area contributed by atoms with Crippen molar-refractivity contribution in [1.82, 2.24) is 0 Å². The topological polar surface area (TPSA) is 112 Å². The van der Waals surface area contributed by atoms with Crippen LogP contribution in [0.25, 0.3) is 0 Å². The molecular formula is C11H13IN2O4. The molecule has 98 valence electrons. The third-order valence-corrected chi connectivity index (χ3v) is 2.10. The summed E-state index contributed by atoms with van der Waals surface area (Å²) in [5, 5.41) is 0. The molecule has 1 rings (SSSR count). The molecule has 1 aromatic rings. The van der Waals surface area contributed by atoms with Gasteiger partial charge in [0.2, 0.25) is 11.8 Å². The molecule has 0 aliphatic rings. The highest BCUT2D eigenvalue weighted by Gasteiger charge is 2.02. The lowest BCUT2D eigenvalue weighted by Crippen LogP contribution is -2.16. The van der Waals surface area contributed by atoms with Crippen molar-refractivity contribution in [3.05, 3.63) is 35.9 Å². The van der Waals surface area contributed by atoms with Crippen molar-refractivity contribution in [2.24, 2.45) is 11.5 Å². The molecule has 0 radical (unpaired) electrons. The Morgan fingerprint density at radius 3 is 1.78 bits per heavy atom. The fourth-order valence-electron chi connectivity index (χ4n) is 0.865. The van der Waals surface area contributed by atoms with Crippen LogP contribution in [-0.4, -0.2) is 17.8 Å². The Labute approximate surface area is 118 Å². The van der Waals surface area contributed by atoms with Crippen molar-refractivity contribution in [3.63, 3.8) is 0 Å². The van der Waals surface area contributed by atoms with E-state index in [4.69, 9.17) is 11.5 Å². The predicted molar refractivity (Wildman–Crippen MR) is 73.5 cm³/mol. The van der Waals surface area contributed by atoms with Gasteiger partial charge in [0.05, 0.1) is 5.56 Å². The highest BCUT2D eigenvalue weighted by Crippen LogP contribution is 2.02. The molecule has 0 saturated carbocycles. The second kappa shape index (κ2) is 9.40. The summed E-state index contributed by atoms with van der Waals surface area (Å²) in [6, 6.07) is 8.86. The average molecular weight is 364 g/mol. The van der Waals surface area contributed by atoms with Gasteiger partial charge in [0.25, 0.3) is 0 Å². The molecule has 7 heteroatoms. The third kappa shape index (κ3) is 8.50. The number of carbonyl (C=O) groups excluding carboxylic acids is 3. The lowest BCUT2D eigenvalue weighted by atomic mass is 10.2. The van der Waals surface area contributed by atoms with E-state index in [1.165, 1.54) is 0 Å². The summed E-state index contributed by atoms with van der Waals surface area (Å²) in [5.41, 5.74) is 9.97. The second-order valence-corrected chi connectivity index (χ2v) is 3.60. The molecule has 0 aliphatic heterocycles. The molecule has 18 heavy (non-hydrogen) atoms. The molecule has 0 atom stereocenters.